The second-order valence-corrected chi connectivity index (χ2v) is 6.94. The van der Waals surface area contributed by atoms with Crippen molar-refractivity contribution < 1.29 is 14.3 Å². The zero-order valence-electron chi connectivity index (χ0n) is 14.1. The van der Waals surface area contributed by atoms with Crippen LogP contribution in [0, 0.1) is 6.92 Å². The van der Waals surface area contributed by atoms with Gasteiger partial charge in [-0.3, -0.25) is 4.79 Å². The molecule has 1 fully saturated rings. The van der Waals surface area contributed by atoms with E-state index in [2.05, 4.69) is 17.2 Å². The molecule has 0 bridgehead atoms. The first-order valence-electron chi connectivity index (χ1n) is 7.73. The summed E-state index contributed by atoms with van der Waals surface area (Å²) in [7, 11) is 3.37. The second kappa shape index (κ2) is 7.74. The highest BCUT2D eigenvalue weighted by atomic mass is 32.1. The summed E-state index contributed by atoms with van der Waals surface area (Å²) in [6, 6.07) is -0.169. The van der Waals surface area contributed by atoms with E-state index in [1.165, 1.54) is 4.90 Å². The summed E-state index contributed by atoms with van der Waals surface area (Å²) in [5.74, 6) is -0.117. The largest absolute Gasteiger partial charge is 0.365 e. The van der Waals surface area contributed by atoms with Crippen LogP contribution in [0.3, 0.4) is 0 Å². The minimum atomic E-state index is -0.582. The lowest BCUT2D eigenvalue weighted by Gasteiger charge is -2.33. The standard InChI is InChI=1S/C15H24N4O3S/c1-5-11-13(23-10(2)17-11)8-16-15(21)19-6-7-22-12(9-19)14(20)18(3)4/h12H,5-9H2,1-4H3,(H,16,21)/t12-/m1/s1. The topological polar surface area (TPSA) is 74.8 Å². The molecule has 1 aromatic heterocycles. The summed E-state index contributed by atoms with van der Waals surface area (Å²) < 4.78 is 5.46. The number of amides is 3. The Kier molecular flexibility index (Phi) is 5.95. The van der Waals surface area contributed by atoms with Gasteiger partial charge in [0.2, 0.25) is 0 Å². The van der Waals surface area contributed by atoms with Gasteiger partial charge >= 0.3 is 6.03 Å². The van der Waals surface area contributed by atoms with Crippen LogP contribution in [0.25, 0.3) is 0 Å². The number of aryl methyl sites for hydroxylation is 2. The fraction of sp³-hybridized carbons (Fsp3) is 0.667. The van der Waals surface area contributed by atoms with Crippen molar-refractivity contribution in [1.82, 2.24) is 20.1 Å². The first kappa shape index (κ1) is 17.7. The van der Waals surface area contributed by atoms with E-state index in [1.54, 1.807) is 30.3 Å². The molecule has 1 atom stereocenters. The summed E-state index contributed by atoms with van der Waals surface area (Å²) in [6.45, 7) is 5.64. The summed E-state index contributed by atoms with van der Waals surface area (Å²) in [5.41, 5.74) is 1.04. The number of morpholine rings is 1. The highest BCUT2D eigenvalue weighted by Crippen LogP contribution is 2.18. The average Bonchev–Trinajstić information content (AvgIpc) is 2.91. The van der Waals surface area contributed by atoms with Crippen molar-refractivity contribution in [1.29, 1.82) is 0 Å². The van der Waals surface area contributed by atoms with E-state index in [9.17, 15) is 9.59 Å². The second-order valence-electron chi connectivity index (χ2n) is 5.65. The summed E-state index contributed by atoms with van der Waals surface area (Å²) in [6.07, 6.45) is 0.272. The smallest absolute Gasteiger partial charge is 0.317 e. The summed E-state index contributed by atoms with van der Waals surface area (Å²) in [5, 5.41) is 3.93. The molecular weight excluding hydrogens is 316 g/mol. The van der Waals surface area contributed by atoms with E-state index in [-0.39, 0.29) is 18.5 Å². The predicted octanol–water partition coefficient (Wildman–Crippen LogP) is 1.01. The molecule has 2 heterocycles. The van der Waals surface area contributed by atoms with Gasteiger partial charge in [-0.15, -0.1) is 11.3 Å². The third-order valence-electron chi connectivity index (χ3n) is 3.69. The van der Waals surface area contributed by atoms with Gasteiger partial charge in [-0.2, -0.15) is 0 Å². The van der Waals surface area contributed by atoms with E-state index >= 15 is 0 Å². The van der Waals surface area contributed by atoms with Crippen molar-refractivity contribution >= 4 is 23.3 Å². The molecule has 23 heavy (non-hydrogen) atoms. The Morgan fingerprint density at radius 2 is 2.22 bits per heavy atom. The maximum atomic E-state index is 12.3. The summed E-state index contributed by atoms with van der Waals surface area (Å²) in [4.78, 5) is 33.0. The van der Waals surface area contributed by atoms with Crippen LogP contribution in [0.2, 0.25) is 0 Å². The highest BCUT2D eigenvalue weighted by Gasteiger charge is 2.30. The van der Waals surface area contributed by atoms with Crippen molar-refractivity contribution in [2.75, 3.05) is 33.8 Å². The van der Waals surface area contributed by atoms with Gasteiger partial charge in [-0.25, -0.2) is 9.78 Å². The number of ether oxygens (including phenoxy) is 1. The number of nitrogens with zero attached hydrogens (tertiary/aromatic N) is 3. The number of urea groups is 1. The molecule has 1 aliphatic heterocycles. The maximum Gasteiger partial charge on any atom is 0.317 e. The quantitative estimate of drug-likeness (QED) is 0.888. The Hall–Kier alpha value is -1.67. The molecule has 3 amide bonds. The predicted molar refractivity (Wildman–Crippen MR) is 88.5 cm³/mol. The van der Waals surface area contributed by atoms with Crippen molar-refractivity contribution in [2.45, 2.75) is 32.9 Å². The zero-order valence-corrected chi connectivity index (χ0v) is 14.9. The number of thiazole rings is 1. The molecule has 1 N–H and O–H groups in total. The number of likely N-dealkylation sites (N-methyl/N-ethyl adjacent to an activating group) is 1. The van der Waals surface area contributed by atoms with Gasteiger partial charge in [-0.05, 0) is 13.3 Å². The first-order valence-corrected chi connectivity index (χ1v) is 8.54. The molecule has 1 saturated heterocycles. The Morgan fingerprint density at radius 3 is 2.87 bits per heavy atom. The molecule has 1 aromatic rings. The highest BCUT2D eigenvalue weighted by molar-refractivity contribution is 7.11. The molecule has 0 aliphatic carbocycles. The van der Waals surface area contributed by atoms with E-state index in [0.29, 0.717) is 19.7 Å². The van der Waals surface area contributed by atoms with Crippen LogP contribution in [0.15, 0.2) is 0 Å². The van der Waals surface area contributed by atoms with Crippen LogP contribution < -0.4 is 5.32 Å². The van der Waals surface area contributed by atoms with Crippen molar-refractivity contribution in [2.24, 2.45) is 0 Å². The van der Waals surface area contributed by atoms with Crippen LogP contribution >= 0.6 is 11.3 Å². The molecule has 0 saturated carbocycles. The first-order chi connectivity index (χ1) is 10.9. The van der Waals surface area contributed by atoms with Crippen LogP contribution in [0.1, 0.15) is 22.5 Å². The summed E-state index contributed by atoms with van der Waals surface area (Å²) >= 11 is 1.61. The molecule has 0 unspecified atom stereocenters. The van der Waals surface area contributed by atoms with Crippen LogP contribution in [0.4, 0.5) is 4.79 Å². The lowest BCUT2D eigenvalue weighted by molar-refractivity contribution is -0.145. The molecule has 128 valence electrons. The molecule has 2 rings (SSSR count). The molecule has 7 nitrogen and oxygen atoms in total. The number of hydrogen-bond donors (Lipinski definition) is 1. The van der Waals surface area contributed by atoms with Gasteiger partial charge in [0.05, 0.1) is 30.4 Å². The van der Waals surface area contributed by atoms with E-state index < -0.39 is 6.10 Å². The lowest BCUT2D eigenvalue weighted by Crippen LogP contribution is -2.53. The third kappa shape index (κ3) is 4.42. The third-order valence-corrected chi connectivity index (χ3v) is 4.70. The number of hydrogen-bond acceptors (Lipinski definition) is 5. The van der Waals surface area contributed by atoms with Crippen molar-refractivity contribution in [3.05, 3.63) is 15.6 Å². The lowest BCUT2D eigenvalue weighted by atomic mass is 10.2. The normalized spacial score (nSPS) is 17.9. The average molecular weight is 340 g/mol. The van der Waals surface area contributed by atoms with Gasteiger partial charge < -0.3 is 19.9 Å². The van der Waals surface area contributed by atoms with Gasteiger partial charge in [-0.1, -0.05) is 6.92 Å². The Labute approximate surface area is 140 Å². The molecule has 8 heteroatoms. The number of aromatic nitrogens is 1. The molecule has 0 spiro atoms. The monoisotopic (exact) mass is 340 g/mol. The SMILES string of the molecule is CCc1nc(C)sc1CNC(=O)N1CCO[C@@H](C(=O)N(C)C)C1. The van der Waals surface area contributed by atoms with Gasteiger partial charge in [0.15, 0.2) is 6.10 Å². The Morgan fingerprint density at radius 1 is 1.48 bits per heavy atom. The minimum absolute atomic E-state index is 0.117. The Balaban J connectivity index is 1.91. The van der Waals surface area contributed by atoms with E-state index in [4.69, 9.17) is 4.74 Å². The Bertz CT molecular complexity index is 573. The van der Waals surface area contributed by atoms with Gasteiger partial charge in [0.25, 0.3) is 5.91 Å². The minimum Gasteiger partial charge on any atom is -0.365 e. The number of rotatable bonds is 4. The zero-order chi connectivity index (χ0) is 17.0. The maximum absolute atomic E-state index is 12.3. The number of nitrogens with one attached hydrogen (secondary N) is 1. The van der Waals surface area contributed by atoms with Gasteiger partial charge in [0, 0.05) is 25.5 Å². The van der Waals surface area contributed by atoms with Gasteiger partial charge in [0.1, 0.15) is 0 Å². The van der Waals surface area contributed by atoms with E-state index in [1.807, 2.05) is 6.92 Å². The fourth-order valence-corrected chi connectivity index (χ4v) is 3.43. The van der Waals surface area contributed by atoms with Crippen molar-refractivity contribution in [3.63, 3.8) is 0 Å². The molecule has 0 radical (unpaired) electrons. The molecular formula is C15H24N4O3S. The molecule has 1 aliphatic rings. The van der Waals surface area contributed by atoms with Crippen molar-refractivity contribution in [3.8, 4) is 0 Å². The van der Waals surface area contributed by atoms with Crippen LogP contribution in [-0.2, 0) is 22.5 Å². The van der Waals surface area contributed by atoms with Crippen LogP contribution in [-0.4, -0.2) is 66.6 Å². The number of carbonyl (C=O) groups is 2. The molecule has 0 aromatic carbocycles. The van der Waals surface area contributed by atoms with E-state index in [0.717, 1.165) is 22.0 Å². The van der Waals surface area contributed by atoms with Crippen LogP contribution in [0.5, 0.6) is 0 Å². The number of carbonyl (C=O) groups excluding carboxylic acids is 2. The fourth-order valence-electron chi connectivity index (χ4n) is 2.47.